The van der Waals surface area contributed by atoms with E-state index in [0.29, 0.717) is 6.04 Å². The number of hydrogen-bond donors (Lipinski definition) is 1. The summed E-state index contributed by atoms with van der Waals surface area (Å²) in [6.07, 6.45) is 4.62. The highest BCUT2D eigenvalue weighted by molar-refractivity contribution is 9.10. The van der Waals surface area contributed by atoms with Gasteiger partial charge in [-0.25, -0.2) is 0 Å². The highest BCUT2D eigenvalue weighted by atomic mass is 79.9. The van der Waals surface area contributed by atoms with E-state index >= 15 is 0 Å². The molecule has 0 spiro atoms. The zero-order valence-electron chi connectivity index (χ0n) is 10.5. The zero-order valence-corrected chi connectivity index (χ0v) is 12.9. The van der Waals surface area contributed by atoms with Gasteiger partial charge >= 0.3 is 0 Å². The summed E-state index contributed by atoms with van der Waals surface area (Å²) in [6.45, 7) is 3.44. The fourth-order valence-corrected chi connectivity index (χ4v) is 3.78. The molecule has 3 heteroatoms. The molecular weight excluding hydrogens is 294 g/mol. The summed E-state index contributed by atoms with van der Waals surface area (Å²) in [7, 11) is 0. The van der Waals surface area contributed by atoms with Crippen LogP contribution in [0, 0.1) is 5.92 Å². The molecule has 1 aliphatic carbocycles. The predicted octanol–water partition coefficient (Wildman–Crippen LogP) is 4.03. The number of nitrogens with one attached hydrogen (secondary N) is 1. The highest BCUT2D eigenvalue weighted by Crippen LogP contribution is 2.35. The van der Waals surface area contributed by atoms with Crippen LogP contribution in [0.5, 0.6) is 0 Å². The molecule has 17 heavy (non-hydrogen) atoms. The third-order valence-corrected chi connectivity index (χ3v) is 5.02. The molecule has 0 bridgehead atoms. The minimum absolute atomic E-state index is 0.562. The third-order valence-electron chi connectivity index (χ3n) is 3.38. The van der Waals surface area contributed by atoms with Crippen molar-refractivity contribution in [3.8, 4) is 0 Å². The molecule has 0 saturated heterocycles. The Bertz CT molecular complexity index is 380. The minimum atomic E-state index is 0.562. The number of halogens is 1. The van der Waals surface area contributed by atoms with Crippen LogP contribution >= 0.6 is 27.7 Å². The van der Waals surface area contributed by atoms with E-state index in [1.54, 1.807) is 0 Å². The van der Waals surface area contributed by atoms with E-state index in [-0.39, 0.29) is 0 Å². The molecule has 0 saturated carbocycles. The van der Waals surface area contributed by atoms with Gasteiger partial charge in [-0.1, -0.05) is 35.0 Å². The Morgan fingerprint density at radius 3 is 3.12 bits per heavy atom. The fraction of sp³-hybridized carbons (Fsp3) is 0.571. The van der Waals surface area contributed by atoms with Crippen molar-refractivity contribution in [3.63, 3.8) is 0 Å². The van der Waals surface area contributed by atoms with E-state index in [1.807, 2.05) is 11.8 Å². The van der Waals surface area contributed by atoms with Crippen LogP contribution in [0.3, 0.4) is 0 Å². The number of rotatable bonds is 5. The second-order valence-electron chi connectivity index (χ2n) is 4.87. The Balaban J connectivity index is 1.96. The topological polar surface area (TPSA) is 12.0 Å². The first-order chi connectivity index (χ1) is 8.22. The third kappa shape index (κ3) is 3.27. The second kappa shape index (κ2) is 6.26. The SMILES string of the molecule is CSCC(C)CNC1CCc2c(Br)cccc21. The van der Waals surface area contributed by atoms with Gasteiger partial charge in [0.2, 0.25) is 0 Å². The average molecular weight is 314 g/mol. The van der Waals surface area contributed by atoms with Crippen molar-refractivity contribution >= 4 is 27.7 Å². The maximum absolute atomic E-state index is 3.72. The van der Waals surface area contributed by atoms with Gasteiger partial charge in [-0.2, -0.15) is 11.8 Å². The first-order valence-electron chi connectivity index (χ1n) is 6.22. The van der Waals surface area contributed by atoms with Crippen molar-refractivity contribution in [2.75, 3.05) is 18.6 Å². The molecular formula is C14H20BrNS. The van der Waals surface area contributed by atoms with Crippen LogP contribution in [0.2, 0.25) is 0 Å². The van der Waals surface area contributed by atoms with Crippen molar-refractivity contribution in [2.24, 2.45) is 5.92 Å². The van der Waals surface area contributed by atoms with Crippen molar-refractivity contribution in [3.05, 3.63) is 33.8 Å². The van der Waals surface area contributed by atoms with Gasteiger partial charge in [0, 0.05) is 10.5 Å². The van der Waals surface area contributed by atoms with E-state index in [9.17, 15) is 0 Å². The van der Waals surface area contributed by atoms with Crippen molar-refractivity contribution < 1.29 is 0 Å². The second-order valence-corrected chi connectivity index (χ2v) is 6.63. The molecule has 2 unspecified atom stereocenters. The average Bonchev–Trinajstić information content (AvgIpc) is 2.72. The normalized spacial score (nSPS) is 20.3. The van der Waals surface area contributed by atoms with Crippen LogP contribution in [0.1, 0.15) is 30.5 Å². The van der Waals surface area contributed by atoms with E-state index in [2.05, 4.69) is 52.6 Å². The standard InChI is InChI=1S/C14H20BrNS/c1-10(9-17-2)8-16-14-7-6-11-12(14)4-3-5-13(11)15/h3-5,10,14,16H,6-9H2,1-2H3. The molecule has 1 aliphatic rings. The lowest BCUT2D eigenvalue weighted by atomic mass is 10.1. The van der Waals surface area contributed by atoms with E-state index in [4.69, 9.17) is 0 Å². The minimum Gasteiger partial charge on any atom is -0.310 e. The van der Waals surface area contributed by atoms with Crippen LogP contribution in [-0.4, -0.2) is 18.6 Å². The number of hydrogen-bond acceptors (Lipinski definition) is 2. The van der Waals surface area contributed by atoms with Crippen LogP contribution in [0.15, 0.2) is 22.7 Å². The Labute approximate surface area is 117 Å². The largest absolute Gasteiger partial charge is 0.310 e. The van der Waals surface area contributed by atoms with Crippen molar-refractivity contribution in [1.82, 2.24) is 5.32 Å². The monoisotopic (exact) mass is 313 g/mol. The summed E-state index contributed by atoms with van der Waals surface area (Å²) >= 11 is 5.58. The summed E-state index contributed by atoms with van der Waals surface area (Å²) in [5, 5.41) is 3.72. The Morgan fingerprint density at radius 2 is 2.35 bits per heavy atom. The number of benzene rings is 1. The van der Waals surface area contributed by atoms with Gasteiger partial charge in [0.05, 0.1) is 0 Å². The summed E-state index contributed by atoms with van der Waals surface area (Å²) in [5.74, 6) is 1.99. The van der Waals surface area contributed by atoms with Gasteiger partial charge in [0.25, 0.3) is 0 Å². The molecule has 0 fully saturated rings. The maximum Gasteiger partial charge on any atom is 0.0326 e. The molecule has 1 N–H and O–H groups in total. The lowest BCUT2D eigenvalue weighted by molar-refractivity contribution is 0.476. The van der Waals surface area contributed by atoms with Gasteiger partial charge in [-0.15, -0.1) is 0 Å². The molecule has 1 aromatic rings. The molecule has 1 aromatic carbocycles. The van der Waals surface area contributed by atoms with Crippen molar-refractivity contribution in [1.29, 1.82) is 0 Å². The lowest BCUT2D eigenvalue weighted by Gasteiger charge is -2.17. The molecule has 0 heterocycles. The van der Waals surface area contributed by atoms with Gasteiger partial charge in [0.15, 0.2) is 0 Å². The number of fused-ring (bicyclic) bond motifs is 1. The summed E-state index contributed by atoms with van der Waals surface area (Å²) in [4.78, 5) is 0. The number of thioether (sulfide) groups is 1. The summed E-state index contributed by atoms with van der Waals surface area (Å²) < 4.78 is 1.27. The van der Waals surface area contributed by atoms with E-state index in [0.717, 1.165) is 12.5 Å². The Morgan fingerprint density at radius 1 is 1.53 bits per heavy atom. The van der Waals surface area contributed by atoms with Gasteiger partial charge < -0.3 is 5.32 Å². The molecule has 0 radical (unpaired) electrons. The quantitative estimate of drug-likeness (QED) is 0.881. The molecule has 0 amide bonds. The zero-order chi connectivity index (χ0) is 12.3. The summed E-state index contributed by atoms with van der Waals surface area (Å²) in [5.41, 5.74) is 3.00. The first-order valence-corrected chi connectivity index (χ1v) is 8.40. The first kappa shape index (κ1) is 13.4. The van der Waals surface area contributed by atoms with Gasteiger partial charge in [0.1, 0.15) is 0 Å². The fourth-order valence-electron chi connectivity index (χ4n) is 2.51. The smallest absolute Gasteiger partial charge is 0.0326 e. The Kier molecular flexibility index (Phi) is 4.95. The van der Waals surface area contributed by atoms with E-state index in [1.165, 1.54) is 34.2 Å². The molecule has 1 nitrogen and oxygen atoms in total. The van der Waals surface area contributed by atoms with Gasteiger partial charge in [-0.05, 0) is 54.5 Å². The molecule has 0 aliphatic heterocycles. The van der Waals surface area contributed by atoms with Crippen LogP contribution in [0.4, 0.5) is 0 Å². The Hall–Kier alpha value is 0.0100. The highest BCUT2D eigenvalue weighted by Gasteiger charge is 2.23. The van der Waals surface area contributed by atoms with Gasteiger partial charge in [-0.3, -0.25) is 0 Å². The van der Waals surface area contributed by atoms with Crippen LogP contribution in [0.25, 0.3) is 0 Å². The van der Waals surface area contributed by atoms with E-state index < -0.39 is 0 Å². The molecule has 2 rings (SSSR count). The molecule has 2 atom stereocenters. The molecule has 0 aromatic heterocycles. The van der Waals surface area contributed by atoms with Crippen molar-refractivity contribution in [2.45, 2.75) is 25.8 Å². The predicted molar refractivity (Wildman–Crippen MR) is 80.8 cm³/mol. The maximum atomic E-state index is 3.72. The lowest BCUT2D eigenvalue weighted by Crippen LogP contribution is -2.25. The summed E-state index contributed by atoms with van der Waals surface area (Å²) in [6, 6.07) is 7.13. The van der Waals surface area contributed by atoms with Crippen LogP contribution in [-0.2, 0) is 6.42 Å². The molecule has 94 valence electrons. The van der Waals surface area contributed by atoms with Crippen LogP contribution < -0.4 is 5.32 Å².